The first-order chi connectivity index (χ1) is 15.4. The number of pyridine rings is 1. The molecule has 0 saturated heterocycles. The number of rotatable bonds is 6. The van der Waals surface area contributed by atoms with Gasteiger partial charge in [-0.15, -0.1) is 0 Å². The van der Waals surface area contributed by atoms with Crippen LogP contribution in [0.2, 0.25) is 0 Å². The minimum absolute atomic E-state index is 0.191. The Morgan fingerprint density at radius 2 is 1.69 bits per heavy atom. The summed E-state index contributed by atoms with van der Waals surface area (Å²) >= 11 is 2.78. The summed E-state index contributed by atoms with van der Waals surface area (Å²) in [7, 11) is 1.64. The van der Waals surface area contributed by atoms with E-state index in [1.807, 2.05) is 55.6 Å². The summed E-state index contributed by atoms with van der Waals surface area (Å²) in [5, 5.41) is 5.39. The Kier molecular flexibility index (Phi) is 6.58. The van der Waals surface area contributed by atoms with Crippen molar-refractivity contribution in [2.24, 2.45) is 0 Å². The number of anilines is 1. The van der Waals surface area contributed by atoms with Gasteiger partial charge in [-0.25, -0.2) is 0 Å². The third kappa shape index (κ3) is 5.01. The van der Waals surface area contributed by atoms with Crippen molar-refractivity contribution in [1.82, 2.24) is 9.97 Å². The molecule has 0 fully saturated rings. The van der Waals surface area contributed by atoms with Gasteiger partial charge >= 0.3 is 147 Å². The third-order valence-corrected chi connectivity index (χ3v) is 6.25. The van der Waals surface area contributed by atoms with Crippen LogP contribution in [0.15, 0.2) is 60.1 Å². The molecule has 162 valence electrons. The van der Waals surface area contributed by atoms with Gasteiger partial charge in [0.25, 0.3) is 0 Å². The van der Waals surface area contributed by atoms with Crippen molar-refractivity contribution in [2.75, 3.05) is 12.4 Å². The number of thiazole rings is 1. The number of nitrogens with zero attached hydrogens (tertiary/aromatic N) is 2. The van der Waals surface area contributed by atoms with Crippen molar-refractivity contribution >= 4 is 43.7 Å². The van der Waals surface area contributed by atoms with Gasteiger partial charge in [-0.2, -0.15) is 0 Å². The molecular weight excluding hydrogens is 485 g/mol. The van der Waals surface area contributed by atoms with Crippen LogP contribution in [0.4, 0.5) is 5.13 Å². The maximum atomic E-state index is 12.5. The Morgan fingerprint density at radius 1 is 1.00 bits per heavy atom. The second-order valence-electron chi connectivity index (χ2n) is 7.17. The van der Waals surface area contributed by atoms with Crippen LogP contribution in [-0.2, 0) is 0 Å². The van der Waals surface area contributed by atoms with Crippen LogP contribution in [0.1, 0.15) is 21.5 Å². The molecule has 0 radical (unpaired) electrons. The summed E-state index contributed by atoms with van der Waals surface area (Å²) in [5.74, 6) is 2.09. The maximum Gasteiger partial charge on any atom is -0.0156 e. The molecule has 1 unspecified atom stereocenters. The first-order valence-corrected chi connectivity index (χ1v) is 11.9. The SMILES string of the molecule is COc1ccc(Oc2cc(C)c(-c3csc(NC(=O)c4ccnc([AsH2])c4)n3)c(C)c2)cc1. The molecule has 0 saturated carbocycles. The molecule has 1 atom stereocenters. The molecule has 32 heavy (non-hydrogen) atoms. The van der Waals surface area contributed by atoms with Gasteiger partial charge in [-0.3, -0.25) is 0 Å². The van der Waals surface area contributed by atoms with E-state index in [9.17, 15) is 4.79 Å². The topological polar surface area (TPSA) is 73.3 Å². The first-order valence-electron chi connectivity index (χ1n) is 9.85. The van der Waals surface area contributed by atoms with Crippen LogP contribution in [-0.4, -0.2) is 39.8 Å². The molecule has 2 aromatic heterocycles. The van der Waals surface area contributed by atoms with Crippen molar-refractivity contribution in [3.8, 4) is 28.5 Å². The Morgan fingerprint density at radius 3 is 2.34 bits per heavy atom. The van der Waals surface area contributed by atoms with E-state index in [1.165, 1.54) is 28.2 Å². The molecule has 0 spiro atoms. The van der Waals surface area contributed by atoms with E-state index in [0.717, 1.165) is 44.1 Å². The van der Waals surface area contributed by atoms with E-state index in [2.05, 4.69) is 15.3 Å². The summed E-state index contributed by atoms with van der Waals surface area (Å²) < 4.78 is 12.1. The van der Waals surface area contributed by atoms with Gasteiger partial charge in [-0.05, 0) is 24.3 Å². The normalized spacial score (nSPS) is 10.6. The number of aromatic nitrogens is 2. The van der Waals surface area contributed by atoms with Crippen molar-refractivity contribution in [3.63, 3.8) is 0 Å². The van der Waals surface area contributed by atoms with Gasteiger partial charge in [-0.1, -0.05) is 0 Å². The number of benzene rings is 2. The van der Waals surface area contributed by atoms with Crippen molar-refractivity contribution in [3.05, 3.63) is 76.8 Å². The van der Waals surface area contributed by atoms with Crippen LogP contribution < -0.4 is 19.3 Å². The molecule has 0 bridgehead atoms. The number of carbonyl (C=O) groups is 1. The zero-order chi connectivity index (χ0) is 22.7. The van der Waals surface area contributed by atoms with E-state index >= 15 is 0 Å². The molecule has 0 aliphatic heterocycles. The number of hydrogen-bond donors (Lipinski definition) is 1. The summed E-state index contributed by atoms with van der Waals surface area (Å²) in [6, 6.07) is 14.9. The summed E-state index contributed by atoms with van der Waals surface area (Å²) in [6.45, 7) is 4.06. The van der Waals surface area contributed by atoms with E-state index in [1.54, 1.807) is 25.4 Å². The van der Waals surface area contributed by atoms with Crippen molar-refractivity contribution in [1.29, 1.82) is 0 Å². The van der Waals surface area contributed by atoms with Crippen LogP contribution >= 0.6 is 11.3 Å². The standard InChI is InChI=1S/C24H22AsN3O3S/c1-14-10-19(31-18-6-4-17(30-3)5-7-18)11-15(2)22(14)20-13-32-24(27-20)28-23(29)16-8-9-26-21(25)12-16/h4-13H,25H2,1-3H3,(H,27,28,29). The smallest absolute Gasteiger partial charge is 0.0156 e. The minimum Gasteiger partial charge on any atom is -0.0163 e. The minimum atomic E-state index is -0.191. The molecule has 0 aliphatic carbocycles. The summed E-state index contributed by atoms with van der Waals surface area (Å²) in [6.07, 6.45) is 1.64. The number of carbonyl (C=O) groups excluding carboxylic acids is 1. The van der Waals surface area contributed by atoms with Gasteiger partial charge < -0.3 is 9.47 Å². The Bertz CT molecular complexity index is 1250. The van der Waals surface area contributed by atoms with Crippen molar-refractivity contribution in [2.45, 2.75) is 13.8 Å². The predicted molar refractivity (Wildman–Crippen MR) is 130 cm³/mol. The average Bonchev–Trinajstić information content (AvgIpc) is 3.21. The second-order valence-corrected chi connectivity index (χ2v) is 9.27. The molecule has 2 aromatic carbocycles. The second kappa shape index (κ2) is 9.55. The van der Waals surface area contributed by atoms with E-state index < -0.39 is 0 Å². The average molecular weight is 507 g/mol. The Labute approximate surface area is 199 Å². The maximum absolute atomic E-state index is 12.5. The number of hydrogen-bond acceptors (Lipinski definition) is 6. The molecule has 2 heterocycles. The molecule has 0 aliphatic rings. The number of ether oxygens (including phenoxy) is 2. The van der Waals surface area contributed by atoms with Gasteiger partial charge in [0.15, 0.2) is 0 Å². The molecule has 6 nitrogen and oxygen atoms in total. The molecule has 1 amide bonds. The quantitative estimate of drug-likeness (QED) is 0.398. The van der Waals surface area contributed by atoms with E-state index in [0.29, 0.717) is 10.7 Å². The predicted octanol–water partition coefficient (Wildman–Crippen LogP) is 4.13. The largest absolute Gasteiger partial charge is 0.0163 e. The Hall–Kier alpha value is -3.15. The third-order valence-electron chi connectivity index (χ3n) is 4.83. The molecular formula is C24H22AsN3O3S. The van der Waals surface area contributed by atoms with Gasteiger partial charge in [0, 0.05) is 0 Å². The fraction of sp³-hybridized carbons (Fsp3) is 0.125. The fourth-order valence-corrected chi connectivity index (χ4v) is 4.63. The van der Waals surface area contributed by atoms with Gasteiger partial charge in [0.1, 0.15) is 11.5 Å². The van der Waals surface area contributed by atoms with Crippen LogP contribution in [0.3, 0.4) is 0 Å². The zero-order valence-electron chi connectivity index (χ0n) is 17.9. The van der Waals surface area contributed by atoms with Gasteiger partial charge in [0.05, 0.1) is 7.11 Å². The Balaban J connectivity index is 1.52. The fourth-order valence-electron chi connectivity index (χ4n) is 3.37. The molecule has 4 rings (SSSR count). The van der Waals surface area contributed by atoms with Gasteiger partial charge in [0.2, 0.25) is 0 Å². The molecule has 4 aromatic rings. The number of methoxy groups -OCH3 is 1. The zero-order valence-corrected chi connectivity index (χ0v) is 21.1. The number of aryl methyl sites for hydroxylation is 2. The number of nitrogens with one attached hydrogen (secondary N) is 1. The van der Waals surface area contributed by atoms with E-state index in [4.69, 9.17) is 9.47 Å². The van der Waals surface area contributed by atoms with E-state index in [-0.39, 0.29) is 5.91 Å². The van der Waals surface area contributed by atoms with Crippen LogP contribution in [0.25, 0.3) is 11.3 Å². The first kappa shape index (κ1) is 22.1. The monoisotopic (exact) mass is 507 g/mol. The molecule has 1 N–H and O–H groups in total. The number of amides is 1. The van der Waals surface area contributed by atoms with Crippen molar-refractivity contribution < 1.29 is 14.3 Å². The summed E-state index contributed by atoms with van der Waals surface area (Å²) in [4.78, 5) is 21.3. The molecule has 8 heteroatoms. The van der Waals surface area contributed by atoms with Crippen LogP contribution in [0.5, 0.6) is 17.2 Å². The van der Waals surface area contributed by atoms with Crippen LogP contribution in [0, 0.1) is 13.8 Å². The summed E-state index contributed by atoms with van der Waals surface area (Å²) in [5.41, 5.74) is 4.52.